The Morgan fingerprint density at radius 1 is 1.32 bits per heavy atom. The van der Waals surface area contributed by atoms with Crippen LogP contribution in [0, 0.1) is 0 Å². The highest BCUT2D eigenvalue weighted by molar-refractivity contribution is 8.00. The standard InChI is InChI=1S/C16H22N4OS/c1-11(14(21)19-16(2,3)4)22-15-18-13(10-20(15)17)12-8-6-5-7-9-12/h5-11H,17H2,1-4H3,(H,19,21)/t11-/m0/s1. The number of nitrogens with one attached hydrogen (secondary N) is 1. The highest BCUT2D eigenvalue weighted by Gasteiger charge is 2.22. The molecule has 1 aromatic carbocycles. The van der Waals surface area contributed by atoms with Gasteiger partial charge in [0.25, 0.3) is 0 Å². The largest absolute Gasteiger partial charge is 0.351 e. The molecule has 0 saturated carbocycles. The fourth-order valence-corrected chi connectivity index (χ4v) is 2.70. The first-order valence-corrected chi connectivity index (χ1v) is 8.03. The van der Waals surface area contributed by atoms with E-state index in [1.54, 1.807) is 6.20 Å². The molecule has 2 aromatic rings. The van der Waals surface area contributed by atoms with Gasteiger partial charge in [0, 0.05) is 11.1 Å². The fraction of sp³-hybridized carbons (Fsp3) is 0.375. The minimum absolute atomic E-state index is 0.0261. The predicted molar refractivity (Wildman–Crippen MR) is 91.0 cm³/mol. The molecule has 0 aliphatic carbocycles. The number of carbonyl (C=O) groups excluding carboxylic acids is 1. The van der Waals surface area contributed by atoms with Gasteiger partial charge in [-0.1, -0.05) is 42.1 Å². The van der Waals surface area contributed by atoms with Crippen LogP contribution in [-0.4, -0.2) is 26.4 Å². The molecular formula is C16H22N4OS. The third kappa shape index (κ3) is 4.27. The smallest absolute Gasteiger partial charge is 0.233 e. The summed E-state index contributed by atoms with van der Waals surface area (Å²) in [5, 5.41) is 3.31. The van der Waals surface area contributed by atoms with Gasteiger partial charge in [0.05, 0.1) is 17.1 Å². The third-order valence-electron chi connectivity index (χ3n) is 2.92. The molecule has 5 nitrogen and oxygen atoms in total. The number of nitrogens with zero attached hydrogens (tertiary/aromatic N) is 2. The molecule has 22 heavy (non-hydrogen) atoms. The lowest BCUT2D eigenvalue weighted by molar-refractivity contribution is -0.121. The summed E-state index contributed by atoms with van der Waals surface area (Å²) in [5.74, 6) is 5.93. The van der Waals surface area contributed by atoms with Gasteiger partial charge in [0.2, 0.25) is 5.91 Å². The van der Waals surface area contributed by atoms with E-state index in [-0.39, 0.29) is 16.7 Å². The van der Waals surface area contributed by atoms with Crippen molar-refractivity contribution < 1.29 is 4.79 Å². The SMILES string of the molecule is C[C@H](Sc1nc(-c2ccccc2)cn1N)C(=O)NC(C)(C)C. The van der Waals surface area contributed by atoms with E-state index in [0.29, 0.717) is 5.16 Å². The van der Waals surface area contributed by atoms with Crippen molar-refractivity contribution in [3.8, 4) is 11.3 Å². The predicted octanol–water partition coefficient (Wildman–Crippen LogP) is 2.66. The van der Waals surface area contributed by atoms with Gasteiger partial charge < -0.3 is 11.2 Å². The van der Waals surface area contributed by atoms with E-state index in [0.717, 1.165) is 11.3 Å². The van der Waals surface area contributed by atoms with Crippen molar-refractivity contribution in [3.05, 3.63) is 36.5 Å². The molecule has 0 radical (unpaired) electrons. The average molecular weight is 318 g/mol. The van der Waals surface area contributed by atoms with Crippen molar-refractivity contribution in [1.82, 2.24) is 15.0 Å². The van der Waals surface area contributed by atoms with Crippen LogP contribution >= 0.6 is 11.8 Å². The van der Waals surface area contributed by atoms with Crippen LogP contribution in [0.1, 0.15) is 27.7 Å². The van der Waals surface area contributed by atoms with E-state index in [9.17, 15) is 4.79 Å². The first-order chi connectivity index (χ1) is 10.3. The molecule has 0 unspecified atom stereocenters. The molecule has 1 aromatic heterocycles. The number of imidazole rings is 1. The van der Waals surface area contributed by atoms with Crippen LogP contribution in [-0.2, 0) is 4.79 Å². The number of hydrogen-bond donors (Lipinski definition) is 2. The van der Waals surface area contributed by atoms with Crippen molar-refractivity contribution in [1.29, 1.82) is 0 Å². The molecule has 0 fully saturated rings. The van der Waals surface area contributed by atoms with Gasteiger partial charge in [-0.15, -0.1) is 0 Å². The van der Waals surface area contributed by atoms with Crippen LogP contribution in [0.15, 0.2) is 41.7 Å². The Kier molecular flexibility index (Phi) is 4.81. The molecule has 0 aliphatic rings. The molecule has 1 amide bonds. The number of amides is 1. The van der Waals surface area contributed by atoms with E-state index >= 15 is 0 Å². The van der Waals surface area contributed by atoms with Gasteiger partial charge in [-0.2, -0.15) is 0 Å². The van der Waals surface area contributed by atoms with Crippen molar-refractivity contribution in [3.63, 3.8) is 0 Å². The van der Waals surface area contributed by atoms with E-state index in [1.807, 2.05) is 58.0 Å². The second-order valence-electron chi connectivity index (χ2n) is 6.18. The molecule has 0 bridgehead atoms. The molecule has 0 aliphatic heterocycles. The zero-order valence-corrected chi connectivity index (χ0v) is 14.1. The number of benzene rings is 1. The quantitative estimate of drug-likeness (QED) is 0.671. The number of aromatic nitrogens is 2. The fourth-order valence-electron chi connectivity index (χ4n) is 1.89. The number of thioether (sulfide) groups is 1. The Morgan fingerprint density at radius 3 is 2.55 bits per heavy atom. The first-order valence-electron chi connectivity index (χ1n) is 7.15. The van der Waals surface area contributed by atoms with E-state index in [4.69, 9.17) is 5.84 Å². The Bertz CT molecular complexity index is 646. The Balaban J connectivity index is 2.11. The molecule has 2 rings (SSSR count). The molecule has 1 heterocycles. The summed E-state index contributed by atoms with van der Waals surface area (Å²) in [6.07, 6.45) is 1.77. The van der Waals surface area contributed by atoms with Gasteiger partial charge >= 0.3 is 0 Å². The molecule has 0 saturated heterocycles. The van der Waals surface area contributed by atoms with Gasteiger partial charge in [-0.25, -0.2) is 9.66 Å². The van der Waals surface area contributed by atoms with Crippen LogP contribution < -0.4 is 11.2 Å². The van der Waals surface area contributed by atoms with Crippen LogP contribution in [0.4, 0.5) is 0 Å². The number of carbonyl (C=O) groups is 1. The summed E-state index contributed by atoms with van der Waals surface area (Å²) in [4.78, 5) is 16.7. The van der Waals surface area contributed by atoms with Crippen molar-refractivity contribution >= 4 is 17.7 Å². The second kappa shape index (κ2) is 6.44. The summed E-state index contributed by atoms with van der Waals surface area (Å²) in [6, 6.07) is 9.82. The maximum Gasteiger partial charge on any atom is 0.233 e. The lowest BCUT2D eigenvalue weighted by atomic mass is 10.1. The van der Waals surface area contributed by atoms with Crippen molar-refractivity contribution in [2.45, 2.75) is 43.6 Å². The zero-order chi connectivity index (χ0) is 16.3. The van der Waals surface area contributed by atoms with Crippen molar-refractivity contribution in [2.75, 3.05) is 5.84 Å². The molecule has 6 heteroatoms. The second-order valence-corrected chi connectivity index (χ2v) is 7.49. The molecule has 1 atom stereocenters. The summed E-state index contributed by atoms with van der Waals surface area (Å²) >= 11 is 1.35. The zero-order valence-electron chi connectivity index (χ0n) is 13.3. The Morgan fingerprint density at radius 2 is 1.95 bits per heavy atom. The lowest BCUT2D eigenvalue weighted by Gasteiger charge is -2.22. The normalized spacial score (nSPS) is 12.9. The number of hydrogen-bond acceptors (Lipinski definition) is 4. The summed E-state index contributed by atoms with van der Waals surface area (Å²) in [5.41, 5.74) is 1.55. The van der Waals surface area contributed by atoms with Gasteiger partial charge in [-0.3, -0.25) is 4.79 Å². The maximum atomic E-state index is 12.1. The highest BCUT2D eigenvalue weighted by Crippen LogP contribution is 2.26. The van der Waals surface area contributed by atoms with Gasteiger partial charge in [-0.05, 0) is 27.7 Å². The highest BCUT2D eigenvalue weighted by atomic mass is 32.2. The third-order valence-corrected chi connectivity index (χ3v) is 4.00. The molecule has 3 N–H and O–H groups in total. The minimum Gasteiger partial charge on any atom is -0.351 e. The average Bonchev–Trinajstić information content (AvgIpc) is 2.79. The van der Waals surface area contributed by atoms with E-state index < -0.39 is 0 Å². The first kappa shape index (κ1) is 16.4. The number of nitrogen functional groups attached to an aromatic ring is 1. The Labute approximate surface area is 135 Å². The van der Waals surface area contributed by atoms with Crippen LogP contribution in [0.25, 0.3) is 11.3 Å². The molecule has 118 valence electrons. The van der Waals surface area contributed by atoms with Gasteiger partial charge in [0.15, 0.2) is 5.16 Å². The monoisotopic (exact) mass is 318 g/mol. The minimum atomic E-state index is -0.271. The maximum absolute atomic E-state index is 12.1. The van der Waals surface area contributed by atoms with Crippen LogP contribution in [0.5, 0.6) is 0 Å². The van der Waals surface area contributed by atoms with Crippen LogP contribution in [0.2, 0.25) is 0 Å². The topological polar surface area (TPSA) is 72.9 Å². The Hall–Kier alpha value is -1.95. The van der Waals surface area contributed by atoms with E-state index in [2.05, 4.69) is 10.3 Å². The summed E-state index contributed by atoms with van der Waals surface area (Å²) in [6.45, 7) is 7.72. The molecule has 0 spiro atoms. The number of nitrogens with two attached hydrogens (primary N) is 1. The van der Waals surface area contributed by atoms with Crippen molar-refractivity contribution in [2.24, 2.45) is 0 Å². The molecular weight excluding hydrogens is 296 g/mol. The van der Waals surface area contributed by atoms with E-state index in [1.165, 1.54) is 16.4 Å². The number of rotatable bonds is 4. The summed E-state index contributed by atoms with van der Waals surface area (Å²) < 4.78 is 1.47. The lowest BCUT2D eigenvalue weighted by Crippen LogP contribution is -2.44. The van der Waals surface area contributed by atoms with Gasteiger partial charge in [0.1, 0.15) is 0 Å². The van der Waals surface area contributed by atoms with Crippen LogP contribution in [0.3, 0.4) is 0 Å². The summed E-state index contributed by atoms with van der Waals surface area (Å²) in [7, 11) is 0.